The average molecular weight is 310 g/mol. The van der Waals surface area contributed by atoms with Crippen LogP contribution in [-0.2, 0) is 11.3 Å². The molecule has 0 aromatic carbocycles. The van der Waals surface area contributed by atoms with Crippen LogP contribution in [0.2, 0.25) is 0 Å². The summed E-state index contributed by atoms with van der Waals surface area (Å²) in [7, 11) is 0. The minimum atomic E-state index is -0.244. The molecule has 3 heterocycles. The van der Waals surface area contributed by atoms with E-state index in [2.05, 4.69) is 25.6 Å². The second-order valence-electron chi connectivity index (χ2n) is 4.61. The molecule has 0 bridgehead atoms. The average Bonchev–Trinajstić information content (AvgIpc) is 3.14. The quantitative estimate of drug-likeness (QED) is 0.722. The summed E-state index contributed by atoms with van der Waals surface area (Å²) >= 11 is 0. The highest BCUT2D eigenvalue weighted by Gasteiger charge is 2.05. The monoisotopic (exact) mass is 310 g/mol. The zero-order valence-corrected chi connectivity index (χ0v) is 12.2. The summed E-state index contributed by atoms with van der Waals surface area (Å²) in [5.74, 6) is 0.604. The number of hydrogen-bond acceptors (Lipinski definition) is 6. The molecule has 0 radical (unpaired) electrons. The van der Waals surface area contributed by atoms with Gasteiger partial charge < -0.3 is 10.1 Å². The van der Waals surface area contributed by atoms with Crippen LogP contribution in [0.4, 0.5) is 0 Å². The van der Waals surface area contributed by atoms with Crippen molar-refractivity contribution in [2.24, 2.45) is 0 Å². The Kier molecular flexibility index (Phi) is 4.53. The van der Waals surface area contributed by atoms with Gasteiger partial charge in [-0.05, 0) is 23.8 Å². The van der Waals surface area contributed by atoms with Crippen molar-refractivity contribution < 1.29 is 9.53 Å². The predicted molar refractivity (Wildman–Crippen MR) is 80.7 cm³/mol. The molecular weight excluding hydrogens is 296 g/mol. The van der Waals surface area contributed by atoms with Crippen LogP contribution in [0.25, 0.3) is 5.82 Å². The van der Waals surface area contributed by atoms with E-state index in [1.807, 2.05) is 12.1 Å². The third-order valence-corrected chi connectivity index (χ3v) is 2.93. The van der Waals surface area contributed by atoms with Gasteiger partial charge in [0.15, 0.2) is 12.4 Å². The summed E-state index contributed by atoms with van der Waals surface area (Å²) < 4.78 is 6.88. The maximum absolute atomic E-state index is 11.7. The Morgan fingerprint density at radius 1 is 1.17 bits per heavy atom. The molecule has 0 aliphatic rings. The standard InChI is InChI=1S/C15H14N6O2/c22-14(17-10-12-3-1-6-16-9-12)11-23-15-5-4-13(19-20-15)21-8-2-7-18-21/h1-9H,10-11H2,(H,17,22). The summed E-state index contributed by atoms with van der Waals surface area (Å²) in [5, 5.41) is 14.7. The first-order valence-electron chi connectivity index (χ1n) is 6.93. The van der Waals surface area contributed by atoms with Crippen molar-refractivity contribution >= 4 is 5.91 Å². The minimum Gasteiger partial charge on any atom is -0.466 e. The molecule has 116 valence electrons. The first-order valence-corrected chi connectivity index (χ1v) is 6.93. The van der Waals surface area contributed by atoms with Gasteiger partial charge in [-0.1, -0.05) is 6.07 Å². The van der Waals surface area contributed by atoms with E-state index in [1.165, 1.54) is 0 Å². The molecule has 0 saturated carbocycles. The Labute approximate surface area is 132 Å². The van der Waals surface area contributed by atoms with E-state index in [1.54, 1.807) is 47.7 Å². The van der Waals surface area contributed by atoms with E-state index >= 15 is 0 Å². The Bertz CT molecular complexity index is 743. The Morgan fingerprint density at radius 2 is 2.13 bits per heavy atom. The molecule has 8 nitrogen and oxygen atoms in total. The summed E-state index contributed by atoms with van der Waals surface area (Å²) in [6.07, 6.45) is 6.79. The van der Waals surface area contributed by atoms with Crippen LogP contribution < -0.4 is 10.1 Å². The number of nitrogens with one attached hydrogen (secondary N) is 1. The fourth-order valence-electron chi connectivity index (χ4n) is 1.81. The Balaban J connectivity index is 1.47. The van der Waals surface area contributed by atoms with Crippen molar-refractivity contribution in [3.05, 3.63) is 60.7 Å². The zero-order chi connectivity index (χ0) is 15.9. The molecule has 1 N–H and O–H groups in total. The van der Waals surface area contributed by atoms with Gasteiger partial charge in [-0.15, -0.1) is 10.2 Å². The summed E-state index contributed by atoms with van der Waals surface area (Å²) in [5.41, 5.74) is 0.921. The van der Waals surface area contributed by atoms with Crippen LogP contribution in [0.1, 0.15) is 5.56 Å². The van der Waals surface area contributed by atoms with Gasteiger partial charge in [-0.25, -0.2) is 4.68 Å². The third-order valence-electron chi connectivity index (χ3n) is 2.93. The van der Waals surface area contributed by atoms with Gasteiger partial charge in [-0.3, -0.25) is 9.78 Å². The fourth-order valence-corrected chi connectivity index (χ4v) is 1.81. The van der Waals surface area contributed by atoms with Crippen LogP contribution in [0.3, 0.4) is 0 Å². The lowest BCUT2D eigenvalue weighted by atomic mass is 10.3. The fraction of sp³-hybridized carbons (Fsp3) is 0.133. The van der Waals surface area contributed by atoms with Gasteiger partial charge in [0.1, 0.15) is 0 Å². The SMILES string of the molecule is O=C(COc1ccc(-n2cccn2)nn1)NCc1cccnc1. The molecular formula is C15H14N6O2. The molecule has 8 heteroatoms. The molecule has 0 unspecified atom stereocenters. The first-order chi connectivity index (χ1) is 11.3. The van der Waals surface area contributed by atoms with Crippen LogP contribution in [0, 0.1) is 0 Å². The number of carbonyl (C=O) groups excluding carboxylic acids is 1. The van der Waals surface area contributed by atoms with E-state index in [-0.39, 0.29) is 18.4 Å². The van der Waals surface area contributed by atoms with Crippen molar-refractivity contribution in [2.75, 3.05) is 6.61 Å². The van der Waals surface area contributed by atoms with Crippen LogP contribution in [0.5, 0.6) is 5.88 Å². The molecule has 0 aliphatic heterocycles. The van der Waals surface area contributed by atoms with Crippen molar-refractivity contribution in [1.82, 2.24) is 30.3 Å². The Hall–Kier alpha value is -3.29. The summed E-state index contributed by atoms with van der Waals surface area (Å²) in [4.78, 5) is 15.7. The summed E-state index contributed by atoms with van der Waals surface area (Å²) in [6.45, 7) is 0.274. The van der Waals surface area contributed by atoms with Crippen molar-refractivity contribution in [3.8, 4) is 11.7 Å². The van der Waals surface area contributed by atoms with Crippen molar-refractivity contribution in [1.29, 1.82) is 0 Å². The highest BCUT2D eigenvalue weighted by Crippen LogP contribution is 2.07. The number of hydrogen-bond donors (Lipinski definition) is 1. The zero-order valence-electron chi connectivity index (χ0n) is 12.2. The van der Waals surface area contributed by atoms with E-state index in [0.717, 1.165) is 5.56 Å². The molecule has 0 fully saturated rings. The van der Waals surface area contributed by atoms with Crippen LogP contribution in [-0.4, -0.2) is 37.5 Å². The largest absolute Gasteiger partial charge is 0.466 e. The van der Waals surface area contributed by atoms with Crippen molar-refractivity contribution in [3.63, 3.8) is 0 Å². The summed E-state index contributed by atoms with van der Waals surface area (Å²) in [6, 6.07) is 8.84. The lowest BCUT2D eigenvalue weighted by Crippen LogP contribution is -2.28. The van der Waals surface area contributed by atoms with E-state index in [4.69, 9.17) is 4.74 Å². The third kappa shape index (κ3) is 4.10. The lowest BCUT2D eigenvalue weighted by molar-refractivity contribution is -0.123. The van der Waals surface area contributed by atoms with Gasteiger partial charge >= 0.3 is 0 Å². The van der Waals surface area contributed by atoms with Gasteiger partial charge in [-0.2, -0.15) is 5.10 Å². The van der Waals surface area contributed by atoms with Gasteiger partial charge in [0.25, 0.3) is 5.91 Å². The number of ether oxygens (including phenoxy) is 1. The highest BCUT2D eigenvalue weighted by molar-refractivity contribution is 5.77. The number of aromatic nitrogens is 5. The molecule has 3 rings (SSSR count). The second-order valence-corrected chi connectivity index (χ2v) is 4.61. The van der Waals surface area contributed by atoms with Gasteiger partial charge in [0.2, 0.25) is 5.88 Å². The maximum atomic E-state index is 11.7. The topological polar surface area (TPSA) is 94.8 Å². The normalized spacial score (nSPS) is 10.3. The number of nitrogens with zero attached hydrogens (tertiary/aromatic N) is 5. The number of amides is 1. The molecule has 3 aromatic heterocycles. The smallest absolute Gasteiger partial charge is 0.258 e. The molecule has 0 saturated heterocycles. The van der Waals surface area contributed by atoms with E-state index < -0.39 is 0 Å². The molecule has 3 aromatic rings. The second kappa shape index (κ2) is 7.12. The van der Waals surface area contributed by atoms with Crippen LogP contribution in [0.15, 0.2) is 55.1 Å². The van der Waals surface area contributed by atoms with Gasteiger partial charge in [0.05, 0.1) is 0 Å². The molecule has 23 heavy (non-hydrogen) atoms. The molecule has 0 atom stereocenters. The first kappa shape index (κ1) is 14.6. The Morgan fingerprint density at radius 3 is 2.83 bits per heavy atom. The number of pyridine rings is 1. The van der Waals surface area contributed by atoms with Gasteiger partial charge in [0, 0.05) is 37.4 Å². The molecule has 0 spiro atoms. The molecule has 0 aliphatic carbocycles. The number of rotatable bonds is 6. The van der Waals surface area contributed by atoms with Crippen molar-refractivity contribution in [2.45, 2.75) is 6.54 Å². The molecule has 1 amide bonds. The highest BCUT2D eigenvalue weighted by atomic mass is 16.5. The lowest BCUT2D eigenvalue weighted by Gasteiger charge is -2.07. The maximum Gasteiger partial charge on any atom is 0.258 e. The van der Waals surface area contributed by atoms with E-state index in [0.29, 0.717) is 12.4 Å². The van der Waals surface area contributed by atoms with Crippen LogP contribution >= 0.6 is 0 Å². The van der Waals surface area contributed by atoms with E-state index in [9.17, 15) is 4.79 Å². The predicted octanol–water partition coefficient (Wildman–Crippen LogP) is 0.752. The number of carbonyl (C=O) groups is 1. The minimum absolute atomic E-state index is 0.129.